The highest BCUT2D eigenvalue weighted by Gasteiger charge is 2.35. The first-order valence-electron chi connectivity index (χ1n) is 12.7. The zero-order chi connectivity index (χ0) is 27.5. The molecule has 0 saturated carbocycles. The summed E-state index contributed by atoms with van der Waals surface area (Å²) in [5.74, 6) is 0.828. The first-order valence-corrected chi connectivity index (χ1v) is 13.5. The highest BCUT2D eigenvalue weighted by atomic mass is 35.5. The Balaban J connectivity index is 1.65. The number of aromatic nitrogens is 2. The number of carbonyl (C=O) groups is 2. The Morgan fingerprint density at radius 2 is 1.70 bits per heavy atom. The van der Waals surface area contributed by atoms with Crippen molar-refractivity contribution in [2.45, 2.75) is 90.5 Å². The number of likely N-dealkylation sites (tertiary alicyclic amines) is 1. The van der Waals surface area contributed by atoms with E-state index in [1.165, 1.54) is 0 Å². The van der Waals surface area contributed by atoms with E-state index in [9.17, 15) is 9.59 Å². The van der Waals surface area contributed by atoms with Gasteiger partial charge in [0, 0.05) is 39.1 Å². The minimum Gasteiger partial charge on any atom is -0.487 e. The fourth-order valence-corrected chi connectivity index (χ4v) is 4.88. The Bertz CT molecular complexity index is 981. The van der Waals surface area contributed by atoms with Gasteiger partial charge in [-0.3, -0.25) is 0 Å². The molecule has 0 unspecified atom stereocenters. The summed E-state index contributed by atoms with van der Waals surface area (Å²) in [6.45, 7) is 13.2. The Morgan fingerprint density at radius 1 is 1.03 bits per heavy atom. The predicted octanol–water partition coefficient (Wildman–Crippen LogP) is 5.40. The van der Waals surface area contributed by atoms with Crippen molar-refractivity contribution in [1.82, 2.24) is 19.8 Å². The van der Waals surface area contributed by atoms with E-state index in [1.54, 1.807) is 16.8 Å². The van der Waals surface area contributed by atoms with Crippen LogP contribution in [0.2, 0.25) is 10.4 Å². The number of hydrogen-bond acceptors (Lipinski definition) is 8. The number of likely N-dealkylation sites (N-methyl/N-ethyl adjacent to an activating group) is 1. The lowest BCUT2D eigenvalue weighted by molar-refractivity contribution is 0.0208. The van der Waals surface area contributed by atoms with Crippen LogP contribution in [0.15, 0.2) is 0 Å². The Hall–Kier alpha value is -2.20. The van der Waals surface area contributed by atoms with Gasteiger partial charge in [0.25, 0.3) is 0 Å². The molecular formula is C25H39Cl2N5O5. The fraction of sp³-hybridized carbons (Fsp3) is 0.760. The van der Waals surface area contributed by atoms with Crippen LogP contribution in [-0.4, -0.2) is 88.5 Å². The van der Waals surface area contributed by atoms with Crippen molar-refractivity contribution in [2.24, 2.45) is 0 Å². The van der Waals surface area contributed by atoms with Crippen LogP contribution >= 0.6 is 23.2 Å². The van der Waals surface area contributed by atoms with E-state index in [0.717, 1.165) is 19.3 Å². The van der Waals surface area contributed by atoms with E-state index in [1.807, 2.05) is 46.4 Å². The van der Waals surface area contributed by atoms with E-state index in [-0.39, 0.29) is 34.7 Å². The summed E-state index contributed by atoms with van der Waals surface area (Å²) in [5, 5.41) is 0.137. The predicted molar refractivity (Wildman–Crippen MR) is 143 cm³/mol. The van der Waals surface area contributed by atoms with Gasteiger partial charge in [-0.15, -0.1) is 0 Å². The van der Waals surface area contributed by atoms with Crippen molar-refractivity contribution < 1.29 is 23.8 Å². The smallest absolute Gasteiger partial charge is 0.410 e. The van der Waals surface area contributed by atoms with Crippen LogP contribution in [0.3, 0.4) is 0 Å². The van der Waals surface area contributed by atoms with Gasteiger partial charge in [-0.05, 0) is 72.4 Å². The third-order valence-electron chi connectivity index (χ3n) is 6.17. The third-order valence-corrected chi connectivity index (χ3v) is 6.60. The minimum atomic E-state index is -0.573. The van der Waals surface area contributed by atoms with Gasteiger partial charge in [0.05, 0.1) is 12.6 Å². The molecule has 2 aliphatic heterocycles. The largest absolute Gasteiger partial charge is 0.487 e. The molecule has 2 atom stereocenters. The Kier molecular flexibility index (Phi) is 9.27. The second kappa shape index (κ2) is 11.7. The first kappa shape index (κ1) is 29.4. The maximum absolute atomic E-state index is 12.6. The van der Waals surface area contributed by atoms with Crippen molar-refractivity contribution in [2.75, 3.05) is 38.2 Å². The van der Waals surface area contributed by atoms with Gasteiger partial charge in [-0.1, -0.05) is 11.6 Å². The van der Waals surface area contributed by atoms with E-state index in [0.29, 0.717) is 44.2 Å². The summed E-state index contributed by atoms with van der Waals surface area (Å²) in [6, 6.07) is -0.0555. The molecule has 208 valence electrons. The lowest BCUT2D eigenvalue weighted by atomic mass is 10.1. The Morgan fingerprint density at radius 3 is 2.35 bits per heavy atom. The maximum Gasteiger partial charge on any atom is 0.410 e. The zero-order valence-electron chi connectivity index (χ0n) is 22.8. The summed E-state index contributed by atoms with van der Waals surface area (Å²) < 4.78 is 17.2. The van der Waals surface area contributed by atoms with Crippen LogP contribution in [0, 0.1) is 0 Å². The molecule has 12 heteroatoms. The van der Waals surface area contributed by atoms with Crippen LogP contribution in [0.5, 0.6) is 5.75 Å². The summed E-state index contributed by atoms with van der Waals surface area (Å²) in [5.41, 5.74) is -1.12. The molecule has 1 aromatic rings. The topological polar surface area (TPSA) is 97.3 Å². The van der Waals surface area contributed by atoms with E-state index >= 15 is 0 Å². The summed E-state index contributed by atoms with van der Waals surface area (Å²) in [4.78, 5) is 39.0. The van der Waals surface area contributed by atoms with Gasteiger partial charge in [-0.2, -0.15) is 4.98 Å². The van der Waals surface area contributed by atoms with Gasteiger partial charge in [-0.25, -0.2) is 14.6 Å². The van der Waals surface area contributed by atoms with Crippen LogP contribution in [0.25, 0.3) is 0 Å². The molecule has 0 aliphatic carbocycles. The molecule has 0 bridgehead atoms. The van der Waals surface area contributed by atoms with Gasteiger partial charge < -0.3 is 28.9 Å². The number of halogens is 2. The normalized spacial score (nSPS) is 20.2. The molecule has 37 heavy (non-hydrogen) atoms. The van der Waals surface area contributed by atoms with Crippen molar-refractivity contribution in [3.8, 4) is 5.75 Å². The summed E-state index contributed by atoms with van der Waals surface area (Å²) in [7, 11) is 1.73. The fourth-order valence-electron chi connectivity index (χ4n) is 4.45. The molecule has 0 radical (unpaired) electrons. The molecule has 0 spiro atoms. The van der Waals surface area contributed by atoms with Crippen LogP contribution in [-0.2, 0) is 9.47 Å². The SMILES string of the molecule is CN(C(=O)OC(C)(C)C)[C@@H]1CCN(c2nc(Cl)nc(Cl)c2OCC[C@@H]2CCCN2C(=O)OC(C)(C)C)C1. The molecular weight excluding hydrogens is 521 g/mol. The number of rotatable bonds is 6. The highest BCUT2D eigenvalue weighted by Crippen LogP contribution is 2.36. The number of nitrogens with zero attached hydrogens (tertiary/aromatic N) is 5. The number of hydrogen-bond donors (Lipinski definition) is 0. The lowest BCUT2D eigenvalue weighted by Gasteiger charge is -2.29. The third kappa shape index (κ3) is 8.14. The average molecular weight is 561 g/mol. The molecule has 10 nitrogen and oxygen atoms in total. The average Bonchev–Trinajstić information content (AvgIpc) is 3.41. The van der Waals surface area contributed by atoms with E-state index < -0.39 is 11.2 Å². The van der Waals surface area contributed by atoms with E-state index in [4.69, 9.17) is 37.4 Å². The van der Waals surface area contributed by atoms with Crippen LogP contribution in [0.1, 0.15) is 67.2 Å². The second-order valence-corrected chi connectivity index (χ2v) is 12.2. The van der Waals surface area contributed by atoms with Crippen LogP contribution in [0.4, 0.5) is 15.4 Å². The second-order valence-electron chi connectivity index (χ2n) is 11.5. The van der Waals surface area contributed by atoms with Gasteiger partial charge in [0.15, 0.2) is 16.7 Å². The first-order chi connectivity index (χ1) is 17.1. The van der Waals surface area contributed by atoms with Crippen molar-refractivity contribution >= 4 is 41.2 Å². The van der Waals surface area contributed by atoms with Crippen molar-refractivity contribution in [1.29, 1.82) is 0 Å². The van der Waals surface area contributed by atoms with Gasteiger partial charge in [0.1, 0.15) is 11.2 Å². The van der Waals surface area contributed by atoms with E-state index in [2.05, 4.69) is 9.97 Å². The number of ether oxygens (including phenoxy) is 3. The monoisotopic (exact) mass is 559 g/mol. The van der Waals surface area contributed by atoms with Crippen molar-refractivity contribution in [3.63, 3.8) is 0 Å². The summed E-state index contributed by atoms with van der Waals surface area (Å²) in [6.07, 6.45) is 2.45. The minimum absolute atomic E-state index is 0.0168. The molecule has 3 heterocycles. The molecule has 1 aromatic heterocycles. The Labute approximate surface area is 229 Å². The molecule has 0 aromatic carbocycles. The lowest BCUT2D eigenvalue weighted by Crippen LogP contribution is -2.42. The molecule has 3 rings (SSSR count). The molecule has 2 amide bonds. The number of carbonyl (C=O) groups excluding carboxylic acids is 2. The standard InChI is InChI=1S/C25H39Cl2N5O5/c1-24(2,3)36-22(33)30(7)17-10-13-31(15-17)20-18(19(26)28-21(27)29-20)35-14-11-16-9-8-12-32(16)23(34)37-25(4,5)6/h16-17H,8-15H2,1-7H3/t16-,17+/m0/s1. The number of anilines is 1. The molecule has 2 saturated heterocycles. The zero-order valence-corrected chi connectivity index (χ0v) is 24.4. The summed E-state index contributed by atoms with van der Waals surface area (Å²) >= 11 is 12.6. The maximum atomic E-state index is 12.6. The van der Waals surface area contributed by atoms with Crippen molar-refractivity contribution in [3.05, 3.63) is 10.4 Å². The number of amides is 2. The van der Waals surface area contributed by atoms with Gasteiger partial charge in [0.2, 0.25) is 5.28 Å². The highest BCUT2D eigenvalue weighted by molar-refractivity contribution is 6.33. The molecule has 0 N–H and O–H groups in total. The molecule has 2 aliphatic rings. The van der Waals surface area contributed by atoms with Crippen LogP contribution < -0.4 is 9.64 Å². The molecule has 2 fully saturated rings. The quantitative estimate of drug-likeness (QED) is 0.337. The van der Waals surface area contributed by atoms with Gasteiger partial charge >= 0.3 is 12.2 Å².